The number of hydrogen-bond acceptors (Lipinski definition) is 6. The van der Waals surface area contributed by atoms with Gasteiger partial charge in [-0.05, 0) is 35.4 Å². The van der Waals surface area contributed by atoms with Crippen LogP contribution in [0.25, 0.3) is 11.1 Å². The number of rotatable bonds is 4. The van der Waals surface area contributed by atoms with E-state index in [9.17, 15) is 20.0 Å². The number of aromatic hydroxyl groups is 1. The molecule has 0 amide bonds. The molecule has 27 heavy (non-hydrogen) atoms. The summed E-state index contributed by atoms with van der Waals surface area (Å²) in [6.45, 7) is 0. The maximum absolute atomic E-state index is 13.4. The molecule has 0 saturated heterocycles. The van der Waals surface area contributed by atoms with Gasteiger partial charge in [0.25, 0.3) is 0 Å². The fraction of sp³-hybridized carbons (Fsp3) is 0.0500. The molecule has 0 fully saturated rings. The van der Waals surface area contributed by atoms with E-state index in [2.05, 4.69) is 11.1 Å². The van der Waals surface area contributed by atoms with Gasteiger partial charge in [-0.25, -0.2) is 9.37 Å². The number of hydrogen-bond donors (Lipinski definition) is 2. The Morgan fingerprint density at radius 1 is 1.07 bits per heavy atom. The summed E-state index contributed by atoms with van der Waals surface area (Å²) in [4.78, 5) is 4.21. The minimum absolute atomic E-state index is 0.0151. The molecule has 0 aliphatic carbocycles. The molecule has 3 rings (SSSR count). The van der Waals surface area contributed by atoms with Gasteiger partial charge in [0.15, 0.2) is 0 Å². The number of nitriles is 2. The molecule has 3 aromatic rings. The Labute approximate surface area is 159 Å². The molecule has 2 aromatic carbocycles. The van der Waals surface area contributed by atoms with Crippen LogP contribution >= 0.6 is 11.8 Å². The highest BCUT2D eigenvalue weighted by molar-refractivity contribution is 7.98. The van der Waals surface area contributed by atoms with E-state index < -0.39 is 0 Å². The van der Waals surface area contributed by atoms with Gasteiger partial charge in [0, 0.05) is 11.3 Å². The molecule has 0 radical (unpaired) electrons. The Morgan fingerprint density at radius 3 is 2.41 bits per heavy atom. The molecule has 1 heterocycles. The first kappa shape index (κ1) is 18.2. The van der Waals surface area contributed by atoms with E-state index in [1.165, 1.54) is 36.0 Å². The van der Waals surface area contributed by atoms with Gasteiger partial charge in [0.05, 0.1) is 5.56 Å². The minimum atomic E-state index is -0.342. The van der Waals surface area contributed by atoms with Crippen molar-refractivity contribution in [2.75, 3.05) is 5.73 Å². The number of phenolic OH excluding ortho intramolecular Hbond substituents is 1. The van der Waals surface area contributed by atoms with E-state index in [1.807, 2.05) is 6.07 Å². The fourth-order valence-corrected chi connectivity index (χ4v) is 3.54. The van der Waals surface area contributed by atoms with Gasteiger partial charge in [-0.3, -0.25) is 0 Å². The predicted molar refractivity (Wildman–Crippen MR) is 101 cm³/mol. The Bertz CT molecular complexity index is 1080. The summed E-state index contributed by atoms with van der Waals surface area (Å²) in [5, 5.41) is 29.1. The maximum atomic E-state index is 13.4. The van der Waals surface area contributed by atoms with E-state index in [0.717, 1.165) is 5.56 Å². The van der Waals surface area contributed by atoms with Gasteiger partial charge in [-0.15, -0.1) is 11.8 Å². The van der Waals surface area contributed by atoms with Crippen molar-refractivity contribution >= 4 is 17.6 Å². The van der Waals surface area contributed by atoms with E-state index >= 15 is 0 Å². The summed E-state index contributed by atoms with van der Waals surface area (Å²) in [6, 6.07) is 16.4. The average molecular weight is 376 g/mol. The second-order valence-corrected chi connectivity index (χ2v) is 6.58. The lowest BCUT2D eigenvalue weighted by atomic mass is 9.97. The normalized spacial score (nSPS) is 10.2. The summed E-state index contributed by atoms with van der Waals surface area (Å²) in [5.74, 6) is 0.130. The summed E-state index contributed by atoms with van der Waals surface area (Å²) in [6.07, 6.45) is 0. The molecule has 1 aromatic heterocycles. The Balaban J connectivity index is 2.09. The summed E-state index contributed by atoms with van der Waals surface area (Å²) in [5.41, 5.74) is 7.95. The molecular formula is C20H13FN4OS. The van der Waals surface area contributed by atoms with E-state index in [1.54, 1.807) is 24.3 Å². The van der Waals surface area contributed by atoms with Crippen LogP contribution in [0, 0.1) is 28.5 Å². The predicted octanol–water partition coefficient (Wildman–Crippen LogP) is 4.21. The van der Waals surface area contributed by atoms with Gasteiger partial charge in [-0.2, -0.15) is 10.5 Å². The molecule has 132 valence electrons. The first-order chi connectivity index (χ1) is 13.0. The first-order valence-corrected chi connectivity index (χ1v) is 8.82. The quantitative estimate of drug-likeness (QED) is 0.661. The second kappa shape index (κ2) is 7.77. The van der Waals surface area contributed by atoms with Crippen molar-refractivity contribution in [3.63, 3.8) is 0 Å². The number of benzene rings is 2. The van der Waals surface area contributed by atoms with Gasteiger partial charge in [0.1, 0.15) is 40.1 Å². The third kappa shape index (κ3) is 3.84. The highest BCUT2D eigenvalue weighted by atomic mass is 32.2. The number of nitrogen functional groups attached to an aromatic ring is 1. The van der Waals surface area contributed by atoms with Crippen LogP contribution in [0.15, 0.2) is 53.6 Å². The zero-order chi connectivity index (χ0) is 19.4. The van der Waals surface area contributed by atoms with E-state index in [-0.39, 0.29) is 28.5 Å². The molecule has 3 N–H and O–H groups in total. The van der Waals surface area contributed by atoms with Crippen LogP contribution in [0.1, 0.15) is 16.7 Å². The SMILES string of the molecule is N#Cc1c(N)nc(SCc2cccc(F)c2)c(C#N)c1-c1ccc(O)cc1. The van der Waals surface area contributed by atoms with Gasteiger partial charge >= 0.3 is 0 Å². The number of pyridine rings is 1. The number of nitrogens with two attached hydrogens (primary N) is 1. The Kier molecular flexibility index (Phi) is 5.25. The van der Waals surface area contributed by atoms with Crippen molar-refractivity contribution in [2.45, 2.75) is 10.8 Å². The molecule has 0 spiro atoms. The third-order valence-corrected chi connectivity index (χ3v) is 4.88. The largest absolute Gasteiger partial charge is 0.508 e. The number of halogens is 1. The number of anilines is 1. The number of nitrogens with zero attached hydrogens (tertiary/aromatic N) is 3. The van der Waals surface area contributed by atoms with Crippen LogP contribution in [-0.4, -0.2) is 10.1 Å². The van der Waals surface area contributed by atoms with Crippen LogP contribution in [0.5, 0.6) is 5.75 Å². The van der Waals surface area contributed by atoms with Crippen LogP contribution in [-0.2, 0) is 5.75 Å². The smallest absolute Gasteiger partial charge is 0.143 e. The van der Waals surface area contributed by atoms with Crippen LogP contribution in [0.3, 0.4) is 0 Å². The van der Waals surface area contributed by atoms with E-state index in [0.29, 0.717) is 21.9 Å². The molecule has 7 heteroatoms. The minimum Gasteiger partial charge on any atom is -0.508 e. The summed E-state index contributed by atoms with van der Waals surface area (Å²) >= 11 is 1.24. The number of thioether (sulfide) groups is 1. The number of phenols is 1. The zero-order valence-electron chi connectivity index (χ0n) is 14.0. The molecule has 5 nitrogen and oxygen atoms in total. The molecule has 0 atom stereocenters. The second-order valence-electron chi connectivity index (χ2n) is 5.62. The highest BCUT2D eigenvalue weighted by Crippen LogP contribution is 2.37. The van der Waals surface area contributed by atoms with Gasteiger partial charge in [0.2, 0.25) is 0 Å². The van der Waals surface area contributed by atoms with Gasteiger partial charge in [-0.1, -0.05) is 24.3 Å². The molecule has 0 unspecified atom stereocenters. The highest BCUT2D eigenvalue weighted by Gasteiger charge is 2.20. The Morgan fingerprint density at radius 2 is 1.78 bits per heavy atom. The van der Waals surface area contributed by atoms with E-state index in [4.69, 9.17) is 5.73 Å². The first-order valence-electron chi connectivity index (χ1n) is 7.83. The molecule has 0 bridgehead atoms. The van der Waals surface area contributed by atoms with Crippen LogP contribution in [0.4, 0.5) is 10.2 Å². The lowest BCUT2D eigenvalue weighted by Crippen LogP contribution is -2.03. The van der Waals surface area contributed by atoms with Crippen molar-refractivity contribution in [1.29, 1.82) is 10.5 Å². The molecule has 0 saturated carbocycles. The maximum Gasteiger partial charge on any atom is 0.143 e. The fourth-order valence-electron chi connectivity index (χ4n) is 2.60. The lowest BCUT2D eigenvalue weighted by Gasteiger charge is -2.13. The molecule has 0 aliphatic heterocycles. The van der Waals surface area contributed by atoms with Gasteiger partial charge < -0.3 is 10.8 Å². The zero-order valence-corrected chi connectivity index (χ0v) is 14.8. The number of aromatic nitrogens is 1. The summed E-state index contributed by atoms with van der Waals surface area (Å²) < 4.78 is 13.4. The Hall–Kier alpha value is -3.55. The van der Waals surface area contributed by atoms with Crippen molar-refractivity contribution in [1.82, 2.24) is 4.98 Å². The summed E-state index contributed by atoms with van der Waals surface area (Å²) in [7, 11) is 0. The third-order valence-electron chi connectivity index (χ3n) is 3.84. The standard InChI is InChI=1S/C20H13FN4OS/c21-14-3-1-2-12(8-14)11-27-20-17(10-23)18(16(9-22)19(24)25-20)13-4-6-15(26)7-5-13/h1-8,26H,11H2,(H2,24,25). The average Bonchev–Trinajstić information content (AvgIpc) is 2.66. The van der Waals surface area contributed by atoms with Crippen molar-refractivity contribution in [2.24, 2.45) is 0 Å². The van der Waals surface area contributed by atoms with Crippen LogP contribution in [0.2, 0.25) is 0 Å². The molecular weight excluding hydrogens is 363 g/mol. The lowest BCUT2D eigenvalue weighted by molar-refractivity contribution is 0.475. The van der Waals surface area contributed by atoms with Crippen molar-refractivity contribution < 1.29 is 9.50 Å². The van der Waals surface area contributed by atoms with Crippen LogP contribution < -0.4 is 5.73 Å². The molecule has 0 aliphatic rings. The monoisotopic (exact) mass is 376 g/mol. The topological polar surface area (TPSA) is 107 Å². The van der Waals surface area contributed by atoms with Crippen molar-refractivity contribution in [3.05, 3.63) is 71.0 Å². The van der Waals surface area contributed by atoms with Crippen molar-refractivity contribution in [3.8, 4) is 29.0 Å².